The van der Waals surface area contributed by atoms with Gasteiger partial charge in [-0.25, -0.2) is 9.37 Å². The summed E-state index contributed by atoms with van der Waals surface area (Å²) in [6.45, 7) is 2.01. The molecule has 7 nitrogen and oxygen atoms in total. The van der Waals surface area contributed by atoms with E-state index in [-0.39, 0.29) is 6.47 Å². The lowest BCUT2D eigenvalue weighted by Gasteiger charge is -2.27. The number of hydrogen-bond acceptors (Lipinski definition) is 7. The highest BCUT2D eigenvalue weighted by atomic mass is 32.1. The first-order valence-electron chi connectivity index (χ1n) is 9.51. The third kappa shape index (κ3) is 4.74. The summed E-state index contributed by atoms with van der Waals surface area (Å²) in [6, 6.07) is 11.7. The number of fused-ring (bicyclic) bond motifs is 2. The Morgan fingerprint density at radius 2 is 2.10 bits per heavy atom. The molecule has 1 N–H and O–H groups in total. The molecule has 0 aliphatic carbocycles. The zero-order valence-electron chi connectivity index (χ0n) is 16.0. The van der Waals surface area contributed by atoms with Crippen molar-refractivity contribution in [2.45, 2.75) is 25.6 Å². The second-order valence-corrected chi connectivity index (χ2v) is 7.87. The molecule has 1 aliphatic heterocycles. The molecule has 0 bridgehead atoms. The van der Waals surface area contributed by atoms with Crippen molar-refractivity contribution in [2.24, 2.45) is 0 Å². The maximum atomic E-state index is 13.3. The van der Waals surface area contributed by atoms with Gasteiger partial charge in [0, 0.05) is 30.7 Å². The summed E-state index contributed by atoms with van der Waals surface area (Å²) < 4.78 is 26.2. The molecule has 0 spiro atoms. The number of carboxylic acid groups (broad SMARTS) is 1. The number of thiazole rings is 1. The predicted molar refractivity (Wildman–Crippen MR) is 112 cm³/mol. The molecule has 5 rings (SSSR count). The molecule has 156 valence electrons. The number of halogens is 1. The van der Waals surface area contributed by atoms with Crippen LogP contribution in [0.2, 0.25) is 0 Å². The van der Waals surface area contributed by atoms with Crippen LogP contribution in [0.15, 0.2) is 47.0 Å². The first-order valence-corrected chi connectivity index (χ1v) is 10.3. The topological polar surface area (TPSA) is 88.7 Å². The molecule has 30 heavy (non-hydrogen) atoms. The molecule has 0 amide bonds. The van der Waals surface area contributed by atoms with E-state index in [0.717, 1.165) is 34.5 Å². The van der Waals surface area contributed by atoms with Crippen molar-refractivity contribution < 1.29 is 23.4 Å². The van der Waals surface area contributed by atoms with Crippen LogP contribution in [0.4, 0.5) is 4.39 Å². The highest BCUT2D eigenvalue weighted by molar-refractivity contribution is 7.20. The fraction of sp³-hybridized carbons (Fsp3) is 0.286. The average molecular weight is 429 g/mol. The summed E-state index contributed by atoms with van der Waals surface area (Å²) in [5.41, 5.74) is 1.47. The van der Waals surface area contributed by atoms with Crippen molar-refractivity contribution in [1.82, 2.24) is 14.9 Å². The van der Waals surface area contributed by atoms with Gasteiger partial charge >= 0.3 is 0 Å². The minimum absolute atomic E-state index is 0.250. The molecule has 1 aromatic carbocycles. The second kappa shape index (κ2) is 9.19. The number of alkyl halides is 1. The predicted octanol–water partition coefficient (Wildman–Crippen LogP) is 4.86. The number of carbonyl (C=O) groups is 1. The number of ether oxygens (including phenoxy) is 1. The van der Waals surface area contributed by atoms with Gasteiger partial charge in [-0.1, -0.05) is 11.3 Å². The van der Waals surface area contributed by atoms with Crippen LogP contribution in [0, 0.1) is 0 Å². The van der Waals surface area contributed by atoms with Gasteiger partial charge in [-0.2, -0.15) is 4.98 Å². The largest absolute Gasteiger partial charge is 0.483 e. The minimum Gasteiger partial charge on any atom is -0.483 e. The van der Waals surface area contributed by atoms with E-state index in [2.05, 4.69) is 14.9 Å². The van der Waals surface area contributed by atoms with E-state index in [9.17, 15) is 4.39 Å². The number of rotatable bonds is 4. The van der Waals surface area contributed by atoms with E-state index >= 15 is 0 Å². The van der Waals surface area contributed by atoms with Crippen molar-refractivity contribution in [3.63, 3.8) is 0 Å². The molecule has 1 fully saturated rings. The molecule has 0 atom stereocenters. The molecule has 0 radical (unpaired) electrons. The van der Waals surface area contributed by atoms with E-state index in [1.165, 1.54) is 11.3 Å². The number of likely N-dealkylation sites (tertiary alicyclic amines) is 1. The average Bonchev–Trinajstić information content (AvgIpc) is 3.32. The SMILES string of the molecule is FC1CCN(Cc2cc3ccc(Oc4nc5ncccc5s4)cc3o2)CC1.O=CO. The number of pyridine rings is 1. The monoisotopic (exact) mass is 429 g/mol. The smallest absolute Gasteiger partial charge is 0.290 e. The van der Waals surface area contributed by atoms with Crippen molar-refractivity contribution in [3.05, 3.63) is 48.4 Å². The Bertz CT molecular complexity index is 1100. The van der Waals surface area contributed by atoms with Crippen LogP contribution in [0.1, 0.15) is 18.6 Å². The van der Waals surface area contributed by atoms with Crippen LogP contribution in [0.3, 0.4) is 0 Å². The van der Waals surface area contributed by atoms with E-state index in [4.69, 9.17) is 19.1 Å². The first kappa shape index (κ1) is 20.2. The summed E-state index contributed by atoms with van der Waals surface area (Å²) >= 11 is 1.46. The van der Waals surface area contributed by atoms with Gasteiger partial charge in [-0.05, 0) is 43.2 Å². The molecule has 1 saturated heterocycles. The van der Waals surface area contributed by atoms with Crippen LogP contribution < -0.4 is 4.74 Å². The van der Waals surface area contributed by atoms with Gasteiger partial charge in [0.25, 0.3) is 11.7 Å². The van der Waals surface area contributed by atoms with Crippen molar-refractivity contribution >= 4 is 39.1 Å². The fourth-order valence-corrected chi connectivity index (χ4v) is 4.18. The van der Waals surface area contributed by atoms with E-state index in [1.54, 1.807) is 6.20 Å². The minimum atomic E-state index is -0.658. The Hall–Kier alpha value is -3.04. The number of furan rings is 1. The lowest BCUT2D eigenvalue weighted by Crippen LogP contribution is -2.33. The third-order valence-corrected chi connectivity index (χ3v) is 5.68. The summed E-state index contributed by atoms with van der Waals surface area (Å²) in [5, 5.41) is 8.48. The Morgan fingerprint density at radius 1 is 1.30 bits per heavy atom. The van der Waals surface area contributed by atoms with Gasteiger partial charge in [0.1, 0.15) is 23.3 Å². The van der Waals surface area contributed by atoms with Gasteiger partial charge < -0.3 is 14.3 Å². The standard InChI is InChI=1S/C20H18FN3O2S.CH2O2/c21-14-5-8-24(9-6-14)12-16-10-13-3-4-15(11-17(13)25-16)26-20-23-19-18(27-20)2-1-7-22-19;2-1-3/h1-4,7,10-11,14H,5-6,8-9,12H2;1H,(H,2,3). The summed E-state index contributed by atoms with van der Waals surface area (Å²) in [5.74, 6) is 1.57. The molecular formula is C21H20FN3O4S. The maximum Gasteiger partial charge on any atom is 0.290 e. The lowest BCUT2D eigenvalue weighted by atomic mass is 10.1. The quantitative estimate of drug-likeness (QED) is 0.463. The number of hydrogen-bond donors (Lipinski definition) is 1. The first-order chi connectivity index (χ1) is 14.6. The van der Waals surface area contributed by atoms with Gasteiger partial charge in [-0.15, -0.1) is 0 Å². The molecule has 4 heterocycles. The third-order valence-electron chi connectivity index (χ3n) is 4.79. The van der Waals surface area contributed by atoms with Crippen molar-refractivity contribution in [2.75, 3.05) is 13.1 Å². The van der Waals surface area contributed by atoms with Crippen molar-refractivity contribution in [1.29, 1.82) is 0 Å². The second-order valence-electron chi connectivity index (χ2n) is 6.88. The van der Waals surface area contributed by atoms with Crippen LogP contribution in [0.5, 0.6) is 10.9 Å². The molecule has 0 unspecified atom stereocenters. The number of nitrogens with zero attached hydrogens (tertiary/aromatic N) is 3. The van der Waals surface area contributed by atoms with Gasteiger partial charge in [0.2, 0.25) is 0 Å². The molecule has 4 aromatic rings. The zero-order chi connectivity index (χ0) is 20.9. The summed E-state index contributed by atoms with van der Waals surface area (Å²) in [6.07, 6.45) is 2.28. The highest BCUT2D eigenvalue weighted by Crippen LogP contribution is 2.32. The lowest BCUT2D eigenvalue weighted by molar-refractivity contribution is -0.122. The Kier molecular flexibility index (Phi) is 6.20. The van der Waals surface area contributed by atoms with Crippen molar-refractivity contribution in [3.8, 4) is 10.9 Å². The number of aromatic nitrogens is 2. The zero-order valence-corrected chi connectivity index (χ0v) is 16.8. The molecule has 0 saturated carbocycles. The maximum absolute atomic E-state index is 13.3. The highest BCUT2D eigenvalue weighted by Gasteiger charge is 2.19. The summed E-state index contributed by atoms with van der Waals surface area (Å²) in [7, 11) is 0. The fourth-order valence-electron chi connectivity index (χ4n) is 3.38. The van der Waals surface area contributed by atoms with E-state index < -0.39 is 6.17 Å². The molecule has 9 heteroatoms. The number of piperidine rings is 1. The van der Waals surface area contributed by atoms with Gasteiger partial charge in [0.05, 0.1) is 11.2 Å². The van der Waals surface area contributed by atoms with Gasteiger partial charge in [0.15, 0.2) is 5.65 Å². The normalized spacial score (nSPS) is 15.1. The van der Waals surface area contributed by atoms with E-state index in [0.29, 0.717) is 36.0 Å². The Labute approximate surface area is 175 Å². The van der Waals surface area contributed by atoms with Gasteiger partial charge in [-0.3, -0.25) is 9.69 Å². The Balaban J connectivity index is 0.000000687. The molecule has 3 aromatic heterocycles. The van der Waals surface area contributed by atoms with Crippen LogP contribution in [0.25, 0.3) is 21.3 Å². The molecular weight excluding hydrogens is 409 g/mol. The van der Waals surface area contributed by atoms with Crippen LogP contribution in [-0.2, 0) is 11.3 Å². The van der Waals surface area contributed by atoms with Crippen LogP contribution >= 0.6 is 11.3 Å². The van der Waals surface area contributed by atoms with E-state index in [1.807, 2.05) is 36.4 Å². The molecule has 1 aliphatic rings. The summed E-state index contributed by atoms with van der Waals surface area (Å²) in [4.78, 5) is 19.2. The van der Waals surface area contributed by atoms with Crippen LogP contribution in [-0.4, -0.2) is 45.7 Å². The number of benzene rings is 1. The Morgan fingerprint density at radius 3 is 2.87 bits per heavy atom.